The van der Waals surface area contributed by atoms with Gasteiger partial charge < -0.3 is 14.6 Å². The van der Waals surface area contributed by atoms with Crippen LogP contribution in [0.5, 0.6) is 0 Å². The number of piperazine rings is 1. The van der Waals surface area contributed by atoms with E-state index in [2.05, 4.69) is 25.7 Å². The molecule has 0 spiro atoms. The Labute approximate surface area is 160 Å². The topological polar surface area (TPSA) is 52.9 Å². The molecule has 0 unspecified atom stereocenters. The van der Waals surface area contributed by atoms with Crippen molar-refractivity contribution in [3.05, 3.63) is 36.3 Å². The second-order valence-corrected chi connectivity index (χ2v) is 8.50. The fourth-order valence-corrected chi connectivity index (χ4v) is 5.38. The highest BCUT2D eigenvalue weighted by molar-refractivity contribution is 5.84. The zero-order chi connectivity index (χ0) is 18.3. The van der Waals surface area contributed by atoms with Gasteiger partial charge in [-0.3, -0.25) is 9.69 Å². The molecule has 0 radical (unpaired) electrons. The van der Waals surface area contributed by atoms with Crippen LogP contribution in [0.25, 0.3) is 5.65 Å². The first-order valence-corrected chi connectivity index (χ1v) is 10.4. The summed E-state index contributed by atoms with van der Waals surface area (Å²) in [6, 6.07) is 6.08. The maximum Gasteiger partial charge on any atom is 0.230 e. The summed E-state index contributed by atoms with van der Waals surface area (Å²) < 4.78 is 2.07. The van der Waals surface area contributed by atoms with E-state index in [1.165, 1.54) is 19.3 Å². The predicted molar refractivity (Wildman–Crippen MR) is 104 cm³/mol. The zero-order valence-corrected chi connectivity index (χ0v) is 15.9. The molecule has 144 valence electrons. The Morgan fingerprint density at radius 3 is 2.96 bits per heavy atom. The number of rotatable bonds is 3. The molecular weight excluding hydrogens is 338 g/mol. The average molecular weight is 367 g/mol. The number of carbonyl (C=O) groups is 1. The molecule has 2 atom stereocenters. The van der Waals surface area contributed by atoms with Gasteiger partial charge in [0.1, 0.15) is 5.65 Å². The summed E-state index contributed by atoms with van der Waals surface area (Å²) in [5.41, 5.74) is 1.99. The number of hydrogen-bond acceptors (Lipinski definition) is 4. The van der Waals surface area contributed by atoms with Gasteiger partial charge in [-0.1, -0.05) is 18.9 Å². The number of imidazole rings is 1. The zero-order valence-electron chi connectivity index (χ0n) is 15.9. The molecule has 2 aromatic rings. The highest BCUT2D eigenvalue weighted by Crippen LogP contribution is 2.45. The number of fused-ring (bicyclic) bond motifs is 2. The summed E-state index contributed by atoms with van der Waals surface area (Å²) in [4.78, 5) is 22.7. The molecule has 1 aliphatic carbocycles. The summed E-state index contributed by atoms with van der Waals surface area (Å²) in [6.07, 6.45) is 8.93. The summed E-state index contributed by atoms with van der Waals surface area (Å²) in [6.45, 7) is 6.35. The van der Waals surface area contributed by atoms with Gasteiger partial charge in [-0.15, -0.1) is 0 Å². The molecule has 1 N–H and O–H groups in total. The number of pyridine rings is 1. The van der Waals surface area contributed by atoms with Gasteiger partial charge in [0, 0.05) is 51.7 Å². The van der Waals surface area contributed by atoms with Crippen molar-refractivity contribution in [2.24, 2.45) is 11.3 Å². The first-order chi connectivity index (χ1) is 13.2. The lowest BCUT2D eigenvalue weighted by Crippen LogP contribution is -2.55. The molecule has 4 heterocycles. The van der Waals surface area contributed by atoms with Gasteiger partial charge in [0.15, 0.2) is 0 Å². The fraction of sp³-hybridized carbons (Fsp3) is 0.619. The highest BCUT2D eigenvalue weighted by Gasteiger charge is 2.51. The maximum atomic E-state index is 13.4. The van der Waals surface area contributed by atoms with Gasteiger partial charge >= 0.3 is 0 Å². The molecule has 27 heavy (non-hydrogen) atoms. The van der Waals surface area contributed by atoms with E-state index in [1.54, 1.807) is 0 Å². The van der Waals surface area contributed by atoms with Crippen molar-refractivity contribution in [3.8, 4) is 0 Å². The van der Waals surface area contributed by atoms with Gasteiger partial charge in [0.05, 0.1) is 11.1 Å². The van der Waals surface area contributed by atoms with E-state index in [1.807, 2.05) is 24.4 Å². The summed E-state index contributed by atoms with van der Waals surface area (Å²) in [7, 11) is 0. The molecule has 6 heteroatoms. The Morgan fingerprint density at radius 2 is 2.11 bits per heavy atom. The maximum absolute atomic E-state index is 13.4. The molecular formula is C21H29N5O. The molecule has 2 aromatic heterocycles. The minimum atomic E-state index is -0.109. The van der Waals surface area contributed by atoms with Crippen LogP contribution >= 0.6 is 0 Å². The minimum absolute atomic E-state index is 0.109. The lowest BCUT2D eigenvalue weighted by atomic mass is 9.67. The van der Waals surface area contributed by atoms with Crippen LogP contribution in [0.1, 0.15) is 31.4 Å². The van der Waals surface area contributed by atoms with E-state index < -0.39 is 0 Å². The molecule has 1 amide bonds. The van der Waals surface area contributed by atoms with Crippen LogP contribution in [-0.4, -0.2) is 64.4 Å². The lowest BCUT2D eigenvalue weighted by molar-refractivity contribution is -0.147. The Balaban J connectivity index is 1.21. The smallest absolute Gasteiger partial charge is 0.230 e. The van der Waals surface area contributed by atoms with Gasteiger partial charge in [0.25, 0.3) is 0 Å². The number of aromatic nitrogens is 2. The lowest BCUT2D eigenvalue weighted by Gasteiger charge is -2.43. The second kappa shape index (κ2) is 6.91. The molecule has 2 saturated heterocycles. The molecule has 3 fully saturated rings. The van der Waals surface area contributed by atoms with Crippen LogP contribution in [0.15, 0.2) is 30.6 Å². The minimum Gasteiger partial charge on any atom is -0.340 e. The van der Waals surface area contributed by atoms with Crippen LogP contribution in [0.2, 0.25) is 0 Å². The molecule has 2 aliphatic heterocycles. The van der Waals surface area contributed by atoms with Crippen LogP contribution in [0, 0.1) is 11.3 Å². The summed E-state index contributed by atoms with van der Waals surface area (Å²) >= 11 is 0. The molecule has 0 bridgehead atoms. The largest absolute Gasteiger partial charge is 0.340 e. The van der Waals surface area contributed by atoms with Gasteiger partial charge in [-0.05, 0) is 37.4 Å². The van der Waals surface area contributed by atoms with Crippen LogP contribution in [0.3, 0.4) is 0 Å². The van der Waals surface area contributed by atoms with Crippen LogP contribution in [-0.2, 0) is 11.3 Å². The van der Waals surface area contributed by atoms with Crippen molar-refractivity contribution in [3.63, 3.8) is 0 Å². The standard InChI is InChI=1S/C21H29N5O/c27-20(21-7-3-1-5-17(21)13-22-16-21)25-11-9-24(10-12-25)14-18-15-26-8-4-2-6-19(26)23-18/h2,4,6,8,15,17,22H,1,3,5,7,9-14,16H2/t17-,21+/m0/s1. The molecule has 0 aromatic carbocycles. The summed E-state index contributed by atoms with van der Waals surface area (Å²) in [5, 5.41) is 3.51. The van der Waals surface area contributed by atoms with E-state index in [-0.39, 0.29) is 5.41 Å². The van der Waals surface area contributed by atoms with Crippen molar-refractivity contribution in [1.82, 2.24) is 24.5 Å². The third-order valence-electron chi connectivity index (χ3n) is 6.92. The van der Waals surface area contributed by atoms with Gasteiger partial charge in [-0.25, -0.2) is 4.98 Å². The highest BCUT2D eigenvalue weighted by atomic mass is 16.2. The van der Waals surface area contributed by atoms with E-state index in [4.69, 9.17) is 4.98 Å². The van der Waals surface area contributed by atoms with Gasteiger partial charge in [-0.2, -0.15) is 0 Å². The molecule has 6 nitrogen and oxygen atoms in total. The quantitative estimate of drug-likeness (QED) is 0.898. The first-order valence-electron chi connectivity index (χ1n) is 10.4. The number of amides is 1. The molecule has 1 saturated carbocycles. The van der Waals surface area contributed by atoms with Crippen molar-refractivity contribution in [2.45, 2.75) is 32.2 Å². The predicted octanol–water partition coefficient (Wildman–Crippen LogP) is 1.76. The van der Waals surface area contributed by atoms with Crippen molar-refractivity contribution in [2.75, 3.05) is 39.3 Å². The van der Waals surface area contributed by atoms with E-state index in [0.717, 1.165) is 63.6 Å². The monoisotopic (exact) mass is 367 g/mol. The molecule has 5 rings (SSSR count). The van der Waals surface area contributed by atoms with E-state index >= 15 is 0 Å². The van der Waals surface area contributed by atoms with E-state index in [0.29, 0.717) is 11.8 Å². The Morgan fingerprint density at radius 1 is 1.22 bits per heavy atom. The number of hydrogen-bond donors (Lipinski definition) is 1. The number of nitrogens with zero attached hydrogens (tertiary/aromatic N) is 4. The third kappa shape index (κ3) is 3.05. The number of nitrogens with one attached hydrogen (secondary N) is 1. The Bertz CT molecular complexity index is 792. The Hall–Kier alpha value is -1.92. The Kier molecular flexibility index (Phi) is 4.40. The van der Waals surface area contributed by atoms with Crippen molar-refractivity contribution >= 4 is 11.6 Å². The van der Waals surface area contributed by atoms with E-state index in [9.17, 15) is 4.79 Å². The summed E-state index contributed by atoms with van der Waals surface area (Å²) in [5.74, 6) is 0.972. The second-order valence-electron chi connectivity index (χ2n) is 8.50. The van der Waals surface area contributed by atoms with Crippen molar-refractivity contribution in [1.29, 1.82) is 0 Å². The first kappa shape index (κ1) is 17.2. The molecule has 3 aliphatic rings. The van der Waals surface area contributed by atoms with Crippen molar-refractivity contribution < 1.29 is 4.79 Å². The average Bonchev–Trinajstić information content (AvgIpc) is 3.32. The SMILES string of the molecule is O=C(N1CCN(Cc2cn3ccccc3n2)CC1)[C@@]12CCCC[C@H]1CNC2. The van der Waals surface area contributed by atoms with Crippen LogP contribution < -0.4 is 5.32 Å². The van der Waals surface area contributed by atoms with Gasteiger partial charge in [0.2, 0.25) is 5.91 Å². The third-order valence-corrected chi connectivity index (χ3v) is 6.92. The normalized spacial score (nSPS) is 29.2. The van der Waals surface area contributed by atoms with Crippen LogP contribution in [0.4, 0.5) is 0 Å². The fourth-order valence-electron chi connectivity index (χ4n) is 5.38. The number of carbonyl (C=O) groups excluding carboxylic acids is 1.